The van der Waals surface area contributed by atoms with E-state index in [-0.39, 0.29) is 18.3 Å². The van der Waals surface area contributed by atoms with Crippen molar-refractivity contribution in [2.75, 3.05) is 7.11 Å². The zero-order valence-electron chi connectivity index (χ0n) is 11.0. The van der Waals surface area contributed by atoms with Gasteiger partial charge in [-0.3, -0.25) is 15.2 Å². The summed E-state index contributed by atoms with van der Waals surface area (Å²) in [5.41, 5.74) is 6.87. The third-order valence-corrected chi connectivity index (χ3v) is 2.55. The lowest BCUT2D eigenvalue weighted by Crippen LogP contribution is -2.37. The van der Waals surface area contributed by atoms with Crippen LogP contribution in [0.25, 0.3) is 0 Å². The van der Waals surface area contributed by atoms with Gasteiger partial charge in [0.25, 0.3) is 5.91 Å². The summed E-state index contributed by atoms with van der Waals surface area (Å²) in [5.74, 6) is 0.551. The molecule has 0 saturated carbocycles. The molecular weight excluding hydrogens is 278 g/mol. The van der Waals surface area contributed by atoms with E-state index in [9.17, 15) is 4.79 Å². The van der Waals surface area contributed by atoms with Gasteiger partial charge in [0.15, 0.2) is 0 Å². The smallest absolute Gasteiger partial charge is 0.283 e. The van der Waals surface area contributed by atoms with E-state index in [1.165, 1.54) is 0 Å². The van der Waals surface area contributed by atoms with Gasteiger partial charge >= 0.3 is 0 Å². The average molecular weight is 294 g/mol. The van der Waals surface area contributed by atoms with Crippen molar-refractivity contribution in [2.45, 2.75) is 6.54 Å². The van der Waals surface area contributed by atoms with Crippen LogP contribution in [-0.4, -0.2) is 18.0 Å². The highest BCUT2D eigenvalue weighted by Crippen LogP contribution is 2.10. The number of benzene rings is 1. The van der Waals surface area contributed by atoms with E-state index >= 15 is 0 Å². The normalized spacial score (nSPS) is 9.45. The molecule has 1 aromatic carbocycles. The molecule has 0 spiro atoms. The van der Waals surface area contributed by atoms with Crippen LogP contribution in [0.5, 0.6) is 5.75 Å². The fourth-order valence-electron chi connectivity index (χ4n) is 1.53. The molecule has 0 aliphatic rings. The Balaban J connectivity index is 0.00000200. The number of halogens is 1. The first-order valence-corrected chi connectivity index (χ1v) is 5.87. The quantitative estimate of drug-likeness (QED) is 0.827. The van der Waals surface area contributed by atoms with Gasteiger partial charge in [-0.2, -0.15) is 0 Å². The molecule has 106 valence electrons. The van der Waals surface area contributed by atoms with Crippen molar-refractivity contribution >= 4 is 18.3 Å². The predicted octanol–water partition coefficient (Wildman–Crippen LogP) is 1.95. The minimum Gasteiger partial charge on any atom is -0.497 e. The lowest BCUT2D eigenvalue weighted by atomic mass is 10.2. The number of hydrogen-bond acceptors (Lipinski definition) is 4. The molecule has 0 aliphatic heterocycles. The number of amides is 1. The van der Waals surface area contributed by atoms with Crippen LogP contribution in [-0.2, 0) is 6.54 Å². The van der Waals surface area contributed by atoms with Gasteiger partial charge in [-0.05, 0) is 29.8 Å². The number of hydrogen-bond donors (Lipinski definition) is 2. The summed E-state index contributed by atoms with van der Waals surface area (Å²) in [5, 5.41) is 0. The van der Waals surface area contributed by atoms with Crippen molar-refractivity contribution in [3.05, 3.63) is 59.9 Å². The fourth-order valence-corrected chi connectivity index (χ4v) is 1.53. The summed E-state index contributed by atoms with van der Waals surface area (Å²) in [6.45, 7) is 0.530. The predicted molar refractivity (Wildman–Crippen MR) is 78.8 cm³/mol. The van der Waals surface area contributed by atoms with Crippen LogP contribution in [0, 0.1) is 0 Å². The molecule has 0 unspecified atom stereocenters. The highest BCUT2D eigenvalue weighted by atomic mass is 35.5. The minimum atomic E-state index is -0.255. The third kappa shape index (κ3) is 4.53. The summed E-state index contributed by atoms with van der Waals surface area (Å²) >= 11 is 0. The number of methoxy groups -OCH3 is 1. The number of carbonyl (C=O) groups excluding carboxylic acids is 1. The highest BCUT2D eigenvalue weighted by molar-refractivity contribution is 5.91. The van der Waals surface area contributed by atoms with Gasteiger partial charge in [-0.1, -0.05) is 18.2 Å². The highest BCUT2D eigenvalue weighted by Gasteiger charge is 2.04. The molecule has 20 heavy (non-hydrogen) atoms. The molecule has 0 bridgehead atoms. The van der Waals surface area contributed by atoms with Gasteiger partial charge in [-0.25, -0.2) is 5.43 Å². The van der Waals surface area contributed by atoms with Crippen LogP contribution < -0.4 is 15.6 Å². The molecule has 0 radical (unpaired) electrons. The van der Waals surface area contributed by atoms with Gasteiger partial charge in [0.2, 0.25) is 0 Å². The first-order chi connectivity index (χ1) is 9.29. The molecule has 1 amide bonds. The second-order valence-electron chi connectivity index (χ2n) is 3.87. The van der Waals surface area contributed by atoms with E-state index in [1.807, 2.05) is 24.3 Å². The molecule has 0 saturated heterocycles. The van der Waals surface area contributed by atoms with Gasteiger partial charge in [-0.15, -0.1) is 12.4 Å². The zero-order chi connectivity index (χ0) is 13.5. The summed E-state index contributed by atoms with van der Waals surface area (Å²) in [6, 6.07) is 12.8. The van der Waals surface area contributed by atoms with Crippen molar-refractivity contribution in [3.63, 3.8) is 0 Å². The molecule has 0 fully saturated rings. The van der Waals surface area contributed by atoms with E-state index in [4.69, 9.17) is 4.74 Å². The Morgan fingerprint density at radius 2 is 1.95 bits per heavy atom. The Hall–Kier alpha value is -2.11. The monoisotopic (exact) mass is 293 g/mol. The summed E-state index contributed by atoms with van der Waals surface area (Å²) in [4.78, 5) is 15.6. The van der Waals surface area contributed by atoms with Crippen molar-refractivity contribution in [1.29, 1.82) is 0 Å². The third-order valence-electron chi connectivity index (χ3n) is 2.55. The molecular formula is C14H16ClN3O2. The maximum atomic E-state index is 11.7. The molecule has 5 nitrogen and oxygen atoms in total. The number of nitrogens with one attached hydrogen (secondary N) is 2. The first kappa shape index (κ1) is 15.9. The summed E-state index contributed by atoms with van der Waals surface area (Å²) in [7, 11) is 1.63. The number of aromatic nitrogens is 1. The Bertz CT molecular complexity index is 532. The van der Waals surface area contributed by atoms with E-state index in [2.05, 4.69) is 15.8 Å². The largest absolute Gasteiger partial charge is 0.497 e. The van der Waals surface area contributed by atoms with Crippen LogP contribution >= 0.6 is 12.4 Å². The number of rotatable bonds is 5. The standard InChI is InChI=1S/C14H15N3O2.ClH/c1-19-12-7-5-11(6-8-12)10-16-17-14(18)13-4-2-3-9-15-13;/h2-9,16H,10H2,1H3,(H,17,18);1H. The van der Waals surface area contributed by atoms with E-state index < -0.39 is 0 Å². The number of nitrogens with zero attached hydrogens (tertiary/aromatic N) is 1. The number of ether oxygens (including phenoxy) is 1. The molecule has 0 atom stereocenters. The lowest BCUT2D eigenvalue weighted by Gasteiger charge is -2.07. The topological polar surface area (TPSA) is 63.2 Å². The van der Waals surface area contributed by atoms with E-state index in [0.717, 1.165) is 11.3 Å². The van der Waals surface area contributed by atoms with Gasteiger partial charge in [0.1, 0.15) is 11.4 Å². The molecule has 6 heteroatoms. The van der Waals surface area contributed by atoms with Crippen LogP contribution in [0.2, 0.25) is 0 Å². The van der Waals surface area contributed by atoms with E-state index in [0.29, 0.717) is 12.2 Å². The Labute approximate surface area is 123 Å². The minimum absolute atomic E-state index is 0. The van der Waals surface area contributed by atoms with Crippen molar-refractivity contribution in [2.24, 2.45) is 0 Å². The number of carbonyl (C=O) groups is 1. The van der Waals surface area contributed by atoms with Crippen LogP contribution in [0.1, 0.15) is 16.1 Å². The maximum Gasteiger partial charge on any atom is 0.283 e. The number of pyridine rings is 1. The van der Waals surface area contributed by atoms with Crippen molar-refractivity contribution in [3.8, 4) is 5.75 Å². The molecule has 0 aliphatic carbocycles. The van der Waals surface area contributed by atoms with Crippen LogP contribution in [0.4, 0.5) is 0 Å². The zero-order valence-corrected chi connectivity index (χ0v) is 11.8. The molecule has 2 rings (SSSR count). The van der Waals surface area contributed by atoms with Crippen molar-refractivity contribution in [1.82, 2.24) is 15.8 Å². The van der Waals surface area contributed by atoms with Gasteiger partial charge in [0, 0.05) is 12.7 Å². The Morgan fingerprint density at radius 1 is 1.20 bits per heavy atom. The summed E-state index contributed by atoms with van der Waals surface area (Å²) < 4.78 is 5.07. The molecule has 2 N–H and O–H groups in total. The van der Waals surface area contributed by atoms with Crippen molar-refractivity contribution < 1.29 is 9.53 Å². The van der Waals surface area contributed by atoms with Crippen LogP contribution in [0.3, 0.4) is 0 Å². The van der Waals surface area contributed by atoms with Gasteiger partial charge < -0.3 is 4.74 Å². The SMILES string of the molecule is COc1ccc(CNNC(=O)c2ccccn2)cc1.Cl. The molecule has 2 aromatic rings. The second kappa shape index (κ2) is 8.14. The summed E-state index contributed by atoms with van der Waals surface area (Å²) in [6.07, 6.45) is 1.58. The second-order valence-corrected chi connectivity index (χ2v) is 3.87. The maximum absolute atomic E-state index is 11.7. The molecule has 1 heterocycles. The van der Waals surface area contributed by atoms with Gasteiger partial charge in [0.05, 0.1) is 7.11 Å². The van der Waals surface area contributed by atoms with E-state index in [1.54, 1.807) is 31.5 Å². The number of hydrazine groups is 1. The Morgan fingerprint density at radius 3 is 2.55 bits per heavy atom. The lowest BCUT2D eigenvalue weighted by molar-refractivity contribution is 0.0927. The molecule has 1 aromatic heterocycles. The Kier molecular flexibility index (Phi) is 6.49. The first-order valence-electron chi connectivity index (χ1n) is 5.87. The average Bonchev–Trinajstić information content (AvgIpc) is 2.49. The fraction of sp³-hybridized carbons (Fsp3) is 0.143. The van der Waals surface area contributed by atoms with Crippen LogP contribution in [0.15, 0.2) is 48.7 Å².